The maximum absolute atomic E-state index is 11.8. The number of piperazine rings is 1. The molecule has 0 spiro atoms. The lowest BCUT2D eigenvalue weighted by Gasteiger charge is -2.36. The number of hydrogen-bond acceptors (Lipinski definition) is 6. The van der Waals surface area contributed by atoms with E-state index in [-0.39, 0.29) is 11.6 Å². The Labute approximate surface area is 147 Å². The van der Waals surface area contributed by atoms with E-state index in [1.165, 1.54) is 12.8 Å². The van der Waals surface area contributed by atoms with Crippen LogP contribution in [-0.2, 0) is 6.54 Å². The number of pyridine rings is 1. The molecule has 1 unspecified atom stereocenters. The van der Waals surface area contributed by atoms with Gasteiger partial charge in [0.1, 0.15) is 0 Å². The van der Waals surface area contributed by atoms with Crippen LogP contribution in [0.2, 0.25) is 0 Å². The summed E-state index contributed by atoms with van der Waals surface area (Å²) in [4.78, 5) is 21.1. The highest BCUT2D eigenvalue weighted by atomic mass is 16.5. The van der Waals surface area contributed by atoms with Gasteiger partial charge in [-0.3, -0.25) is 14.6 Å². The number of aromatic nitrogens is 3. The van der Waals surface area contributed by atoms with Crippen molar-refractivity contribution in [3.05, 3.63) is 46.5 Å². The molecule has 134 valence electrons. The van der Waals surface area contributed by atoms with Crippen molar-refractivity contribution in [1.29, 1.82) is 0 Å². The fourth-order valence-corrected chi connectivity index (χ4v) is 3.35. The van der Waals surface area contributed by atoms with Gasteiger partial charge in [0.2, 0.25) is 5.89 Å². The summed E-state index contributed by atoms with van der Waals surface area (Å²) in [7, 11) is 0. The maximum Gasteiger partial charge on any atom is 0.250 e. The molecule has 4 rings (SSSR count). The van der Waals surface area contributed by atoms with Crippen molar-refractivity contribution < 1.29 is 4.52 Å². The monoisotopic (exact) mass is 343 g/mol. The van der Waals surface area contributed by atoms with Gasteiger partial charge in [0.15, 0.2) is 5.82 Å². The molecular formula is C18H25N5O2. The molecule has 7 nitrogen and oxygen atoms in total. The summed E-state index contributed by atoms with van der Waals surface area (Å²) < 4.78 is 7.24. The van der Waals surface area contributed by atoms with Crippen molar-refractivity contribution in [2.24, 2.45) is 0 Å². The number of hydrogen-bond donors (Lipinski definition) is 0. The van der Waals surface area contributed by atoms with Crippen LogP contribution in [0.3, 0.4) is 0 Å². The van der Waals surface area contributed by atoms with E-state index in [0.717, 1.165) is 51.0 Å². The summed E-state index contributed by atoms with van der Waals surface area (Å²) in [6.07, 6.45) is 4.24. The van der Waals surface area contributed by atoms with E-state index in [4.69, 9.17) is 4.52 Å². The zero-order valence-corrected chi connectivity index (χ0v) is 14.7. The lowest BCUT2D eigenvalue weighted by atomic mass is 10.2. The Balaban J connectivity index is 1.27. The first kappa shape index (κ1) is 16.5. The second-order valence-corrected chi connectivity index (χ2v) is 7.05. The minimum absolute atomic E-state index is 0.0672. The van der Waals surface area contributed by atoms with Gasteiger partial charge in [0.05, 0.1) is 6.04 Å². The Kier molecular flexibility index (Phi) is 4.67. The molecule has 2 aliphatic rings. The van der Waals surface area contributed by atoms with Crippen LogP contribution in [0.1, 0.15) is 43.4 Å². The van der Waals surface area contributed by atoms with Crippen LogP contribution in [0.15, 0.2) is 33.7 Å². The Hall–Kier alpha value is -1.99. The van der Waals surface area contributed by atoms with Gasteiger partial charge in [-0.15, -0.1) is 0 Å². The van der Waals surface area contributed by atoms with Crippen molar-refractivity contribution in [1.82, 2.24) is 24.5 Å². The maximum atomic E-state index is 11.8. The summed E-state index contributed by atoms with van der Waals surface area (Å²) in [5, 5.41) is 4.12. The van der Waals surface area contributed by atoms with E-state index in [9.17, 15) is 4.79 Å². The van der Waals surface area contributed by atoms with Gasteiger partial charge < -0.3 is 9.09 Å². The molecule has 25 heavy (non-hydrogen) atoms. The third-order valence-electron chi connectivity index (χ3n) is 5.27. The Morgan fingerprint density at radius 2 is 2.00 bits per heavy atom. The molecule has 0 amide bonds. The lowest BCUT2D eigenvalue weighted by molar-refractivity contribution is 0.0863. The summed E-state index contributed by atoms with van der Waals surface area (Å²) in [5.41, 5.74) is 0.0672. The zero-order chi connectivity index (χ0) is 17.2. The second kappa shape index (κ2) is 7.09. The van der Waals surface area contributed by atoms with E-state index >= 15 is 0 Å². The molecule has 1 saturated carbocycles. The van der Waals surface area contributed by atoms with E-state index in [1.807, 2.05) is 12.3 Å². The zero-order valence-electron chi connectivity index (χ0n) is 14.7. The molecule has 0 aromatic carbocycles. The summed E-state index contributed by atoms with van der Waals surface area (Å²) in [6.45, 7) is 7.73. The lowest BCUT2D eigenvalue weighted by Crippen LogP contribution is -2.48. The van der Waals surface area contributed by atoms with Crippen LogP contribution < -0.4 is 5.56 Å². The first-order valence-electron chi connectivity index (χ1n) is 9.16. The van der Waals surface area contributed by atoms with Gasteiger partial charge in [-0.1, -0.05) is 11.2 Å². The van der Waals surface area contributed by atoms with Crippen LogP contribution >= 0.6 is 0 Å². The van der Waals surface area contributed by atoms with Gasteiger partial charge >= 0.3 is 0 Å². The smallest absolute Gasteiger partial charge is 0.250 e. The van der Waals surface area contributed by atoms with Crippen molar-refractivity contribution in [3.8, 4) is 0 Å². The predicted octanol–water partition coefficient (Wildman–Crippen LogP) is 1.49. The molecule has 2 fully saturated rings. The molecule has 1 aliphatic carbocycles. The molecule has 3 heterocycles. The molecule has 7 heteroatoms. The molecule has 0 radical (unpaired) electrons. The number of rotatable bonds is 6. The first-order valence-corrected chi connectivity index (χ1v) is 9.16. The molecular weight excluding hydrogens is 318 g/mol. The fourth-order valence-electron chi connectivity index (χ4n) is 3.35. The quantitative estimate of drug-likeness (QED) is 0.792. The van der Waals surface area contributed by atoms with Crippen molar-refractivity contribution in [2.45, 2.75) is 38.3 Å². The standard InChI is InChI=1S/C18H25N5O2/c1-14(18-19-17(20-25-18)15-5-6-15)22-11-8-21(9-12-22)10-13-23-7-3-2-4-16(23)24/h2-4,7,14-15H,5-6,8-13H2,1H3. The van der Waals surface area contributed by atoms with Crippen LogP contribution in [0.5, 0.6) is 0 Å². The first-order chi connectivity index (χ1) is 12.2. The molecule has 0 N–H and O–H groups in total. The van der Waals surface area contributed by atoms with Crippen LogP contribution in [0.25, 0.3) is 0 Å². The molecule has 1 saturated heterocycles. The minimum atomic E-state index is 0.0672. The molecule has 1 aliphatic heterocycles. The average molecular weight is 343 g/mol. The highest BCUT2D eigenvalue weighted by Crippen LogP contribution is 2.38. The number of nitrogens with zero attached hydrogens (tertiary/aromatic N) is 5. The predicted molar refractivity (Wildman–Crippen MR) is 93.4 cm³/mol. The average Bonchev–Trinajstić information content (AvgIpc) is 3.38. The Morgan fingerprint density at radius 3 is 2.72 bits per heavy atom. The molecule has 0 bridgehead atoms. The summed E-state index contributed by atoms with van der Waals surface area (Å²) in [6, 6.07) is 5.46. The van der Waals surface area contributed by atoms with Crippen LogP contribution in [0.4, 0.5) is 0 Å². The topological polar surface area (TPSA) is 67.4 Å². The van der Waals surface area contributed by atoms with Crippen molar-refractivity contribution in [3.63, 3.8) is 0 Å². The molecule has 2 aromatic rings. The second-order valence-electron chi connectivity index (χ2n) is 7.05. The highest BCUT2D eigenvalue weighted by molar-refractivity contribution is 5.05. The molecule has 2 aromatic heterocycles. The third-order valence-corrected chi connectivity index (χ3v) is 5.27. The van der Waals surface area contributed by atoms with Gasteiger partial charge in [-0.05, 0) is 25.8 Å². The largest absolute Gasteiger partial charge is 0.338 e. The van der Waals surface area contributed by atoms with E-state index in [0.29, 0.717) is 5.92 Å². The highest BCUT2D eigenvalue weighted by Gasteiger charge is 2.31. The van der Waals surface area contributed by atoms with E-state index in [2.05, 4.69) is 26.9 Å². The fraction of sp³-hybridized carbons (Fsp3) is 0.611. The van der Waals surface area contributed by atoms with Gasteiger partial charge in [-0.25, -0.2) is 0 Å². The van der Waals surface area contributed by atoms with Gasteiger partial charge in [0.25, 0.3) is 5.56 Å². The van der Waals surface area contributed by atoms with E-state index in [1.54, 1.807) is 16.7 Å². The van der Waals surface area contributed by atoms with Crippen LogP contribution in [-0.4, -0.2) is 57.2 Å². The van der Waals surface area contributed by atoms with Crippen molar-refractivity contribution >= 4 is 0 Å². The molecule has 1 atom stereocenters. The van der Waals surface area contributed by atoms with Gasteiger partial charge in [-0.2, -0.15) is 4.98 Å². The summed E-state index contributed by atoms with van der Waals surface area (Å²) in [5.74, 6) is 2.16. The van der Waals surface area contributed by atoms with Crippen LogP contribution in [0, 0.1) is 0 Å². The normalized spacial score (nSPS) is 20.7. The van der Waals surface area contributed by atoms with Crippen molar-refractivity contribution in [2.75, 3.05) is 32.7 Å². The van der Waals surface area contributed by atoms with E-state index < -0.39 is 0 Å². The Bertz CT molecular complexity index is 759. The summed E-state index contributed by atoms with van der Waals surface area (Å²) >= 11 is 0. The third kappa shape index (κ3) is 3.82. The van der Waals surface area contributed by atoms with Gasteiger partial charge in [0, 0.05) is 57.4 Å². The SMILES string of the molecule is CC(c1nc(C2CC2)no1)N1CCN(CCn2ccccc2=O)CC1. The minimum Gasteiger partial charge on any atom is -0.338 e. The Morgan fingerprint density at radius 1 is 1.20 bits per heavy atom.